The highest BCUT2D eigenvalue weighted by Crippen LogP contribution is 2.10. The van der Waals surface area contributed by atoms with Crippen LogP contribution in [-0.2, 0) is 12.8 Å². The van der Waals surface area contributed by atoms with Crippen LogP contribution in [0.3, 0.4) is 0 Å². The highest BCUT2D eigenvalue weighted by atomic mass is 127. The topological polar surface area (TPSA) is 33.1 Å². The highest BCUT2D eigenvalue weighted by Gasteiger charge is 2.07. The minimum Gasteiger partial charge on any atom is -0.392 e. The molecule has 1 aromatic carbocycles. The van der Waals surface area contributed by atoms with Crippen LogP contribution in [0, 0.1) is 3.57 Å². The molecule has 1 heterocycles. The maximum atomic E-state index is 9.98. The second-order valence-electron chi connectivity index (χ2n) is 4.01. The molecule has 0 aliphatic carbocycles. The number of halogens is 1. The molecular formula is C14H14INO. The lowest BCUT2D eigenvalue weighted by Gasteiger charge is -2.10. The van der Waals surface area contributed by atoms with Gasteiger partial charge in [-0.25, -0.2) is 0 Å². The molecule has 0 radical (unpaired) electrons. The summed E-state index contributed by atoms with van der Waals surface area (Å²) in [6.07, 6.45) is 2.66. The van der Waals surface area contributed by atoms with Gasteiger partial charge in [-0.3, -0.25) is 4.98 Å². The number of rotatable bonds is 4. The van der Waals surface area contributed by atoms with Gasteiger partial charge >= 0.3 is 0 Å². The lowest BCUT2D eigenvalue weighted by molar-refractivity contribution is 0.174. The summed E-state index contributed by atoms with van der Waals surface area (Å²) >= 11 is 2.28. The zero-order valence-corrected chi connectivity index (χ0v) is 11.5. The van der Waals surface area contributed by atoms with Gasteiger partial charge in [0.25, 0.3) is 0 Å². The van der Waals surface area contributed by atoms with Crippen molar-refractivity contribution >= 4 is 22.6 Å². The van der Waals surface area contributed by atoms with Crippen molar-refractivity contribution in [2.24, 2.45) is 0 Å². The Morgan fingerprint density at radius 2 is 1.82 bits per heavy atom. The van der Waals surface area contributed by atoms with Crippen LogP contribution in [-0.4, -0.2) is 16.2 Å². The van der Waals surface area contributed by atoms with Gasteiger partial charge in [-0.05, 0) is 58.8 Å². The van der Waals surface area contributed by atoms with Gasteiger partial charge in [0.2, 0.25) is 0 Å². The third-order valence-electron chi connectivity index (χ3n) is 2.56. The van der Waals surface area contributed by atoms with Crippen LogP contribution in [0.4, 0.5) is 0 Å². The summed E-state index contributed by atoms with van der Waals surface area (Å²) < 4.78 is 1.21. The molecule has 88 valence electrons. The maximum absolute atomic E-state index is 9.98. The van der Waals surface area contributed by atoms with Gasteiger partial charge < -0.3 is 5.11 Å². The standard InChI is InChI=1S/C14H14INO/c15-12-6-4-11(5-7-12)9-14(17)10-13-3-1-2-8-16-13/h1-8,14,17H,9-10H2. The highest BCUT2D eigenvalue weighted by molar-refractivity contribution is 14.1. The molecule has 2 nitrogen and oxygen atoms in total. The molecule has 0 aliphatic rings. The van der Waals surface area contributed by atoms with Gasteiger partial charge in [-0.15, -0.1) is 0 Å². The molecule has 0 aliphatic heterocycles. The van der Waals surface area contributed by atoms with Crippen LogP contribution >= 0.6 is 22.6 Å². The Balaban J connectivity index is 1.93. The van der Waals surface area contributed by atoms with E-state index in [4.69, 9.17) is 0 Å². The first-order valence-corrected chi connectivity index (χ1v) is 6.64. The normalized spacial score (nSPS) is 12.4. The Bertz CT molecular complexity index is 455. The maximum Gasteiger partial charge on any atom is 0.0635 e. The first-order chi connectivity index (χ1) is 8.24. The number of aliphatic hydroxyl groups is 1. The smallest absolute Gasteiger partial charge is 0.0635 e. The Hall–Kier alpha value is -0.940. The molecular weight excluding hydrogens is 325 g/mol. The van der Waals surface area contributed by atoms with Crippen LogP contribution in [0.5, 0.6) is 0 Å². The van der Waals surface area contributed by atoms with E-state index in [1.807, 2.05) is 18.2 Å². The molecule has 0 saturated heterocycles. The second-order valence-corrected chi connectivity index (χ2v) is 5.26. The molecule has 2 rings (SSSR count). The Morgan fingerprint density at radius 1 is 1.06 bits per heavy atom. The summed E-state index contributed by atoms with van der Waals surface area (Å²) in [5.41, 5.74) is 2.10. The van der Waals surface area contributed by atoms with Gasteiger partial charge in [-0.1, -0.05) is 18.2 Å². The van der Waals surface area contributed by atoms with Crippen molar-refractivity contribution in [2.45, 2.75) is 18.9 Å². The molecule has 1 N–H and O–H groups in total. The molecule has 2 aromatic rings. The predicted molar refractivity (Wildman–Crippen MR) is 76.8 cm³/mol. The summed E-state index contributed by atoms with van der Waals surface area (Å²) in [5, 5.41) is 9.98. The zero-order chi connectivity index (χ0) is 12.1. The van der Waals surface area contributed by atoms with Crippen LogP contribution in [0.25, 0.3) is 0 Å². The second kappa shape index (κ2) is 6.12. The van der Waals surface area contributed by atoms with E-state index in [0.717, 1.165) is 11.3 Å². The summed E-state index contributed by atoms with van der Waals surface area (Å²) in [6.45, 7) is 0. The molecule has 0 saturated carbocycles. The molecule has 17 heavy (non-hydrogen) atoms. The predicted octanol–water partition coefficient (Wildman–Crippen LogP) is 2.83. The van der Waals surface area contributed by atoms with E-state index in [1.165, 1.54) is 3.57 Å². The lowest BCUT2D eigenvalue weighted by Crippen LogP contribution is -2.14. The number of benzene rings is 1. The minimum absolute atomic E-state index is 0.370. The average Bonchev–Trinajstić information content (AvgIpc) is 2.33. The molecule has 1 unspecified atom stereocenters. The van der Waals surface area contributed by atoms with Crippen molar-refractivity contribution < 1.29 is 5.11 Å². The van der Waals surface area contributed by atoms with Gasteiger partial charge in [0.1, 0.15) is 0 Å². The third kappa shape index (κ3) is 4.09. The van der Waals surface area contributed by atoms with Crippen molar-refractivity contribution in [2.75, 3.05) is 0 Å². The fourth-order valence-electron chi connectivity index (χ4n) is 1.73. The van der Waals surface area contributed by atoms with Crippen molar-refractivity contribution in [3.05, 3.63) is 63.5 Å². The largest absolute Gasteiger partial charge is 0.392 e. The Labute approximate surface area is 115 Å². The first-order valence-electron chi connectivity index (χ1n) is 5.56. The fraction of sp³-hybridized carbons (Fsp3) is 0.214. The van der Waals surface area contributed by atoms with E-state index in [-0.39, 0.29) is 6.10 Å². The molecule has 1 aromatic heterocycles. The summed E-state index contributed by atoms with van der Waals surface area (Å²) in [4.78, 5) is 4.21. The van der Waals surface area contributed by atoms with Gasteiger partial charge in [0.15, 0.2) is 0 Å². The molecule has 0 bridgehead atoms. The van der Waals surface area contributed by atoms with Crippen molar-refractivity contribution in [1.82, 2.24) is 4.98 Å². The molecule has 1 atom stereocenters. The first kappa shape index (κ1) is 12.5. The van der Waals surface area contributed by atoms with E-state index in [1.54, 1.807) is 6.20 Å². The van der Waals surface area contributed by atoms with E-state index in [9.17, 15) is 5.11 Å². The molecule has 0 fully saturated rings. The fourth-order valence-corrected chi connectivity index (χ4v) is 2.08. The van der Waals surface area contributed by atoms with E-state index >= 15 is 0 Å². The van der Waals surface area contributed by atoms with Crippen molar-refractivity contribution in [1.29, 1.82) is 0 Å². The third-order valence-corrected chi connectivity index (χ3v) is 3.27. The number of hydrogen-bond donors (Lipinski definition) is 1. The van der Waals surface area contributed by atoms with Gasteiger partial charge in [0.05, 0.1) is 6.10 Å². The summed E-state index contributed by atoms with van der Waals surface area (Å²) in [7, 11) is 0. The van der Waals surface area contributed by atoms with Crippen LogP contribution in [0.2, 0.25) is 0 Å². The van der Waals surface area contributed by atoms with E-state index in [0.29, 0.717) is 12.8 Å². The van der Waals surface area contributed by atoms with Crippen LogP contribution in [0.15, 0.2) is 48.7 Å². The summed E-state index contributed by atoms with van der Waals surface area (Å²) in [6, 6.07) is 14.0. The number of nitrogens with zero attached hydrogens (tertiary/aromatic N) is 1. The van der Waals surface area contributed by atoms with Crippen molar-refractivity contribution in [3.63, 3.8) is 0 Å². The van der Waals surface area contributed by atoms with Crippen molar-refractivity contribution in [3.8, 4) is 0 Å². The Morgan fingerprint density at radius 3 is 2.47 bits per heavy atom. The number of hydrogen-bond acceptors (Lipinski definition) is 2. The summed E-state index contributed by atoms with van der Waals surface area (Å²) in [5.74, 6) is 0. The number of aliphatic hydroxyl groups excluding tert-OH is 1. The SMILES string of the molecule is OC(Cc1ccc(I)cc1)Cc1ccccn1. The zero-order valence-electron chi connectivity index (χ0n) is 9.38. The molecule has 3 heteroatoms. The van der Waals surface area contributed by atoms with Gasteiger partial charge in [-0.2, -0.15) is 0 Å². The number of pyridine rings is 1. The van der Waals surface area contributed by atoms with Crippen LogP contribution in [0.1, 0.15) is 11.3 Å². The number of aromatic nitrogens is 1. The molecule has 0 amide bonds. The average molecular weight is 339 g/mol. The van der Waals surface area contributed by atoms with E-state index in [2.05, 4.69) is 51.8 Å². The quantitative estimate of drug-likeness (QED) is 0.869. The van der Waals surface area contributed by atoms with E-state index < -0.39 is 0 Å². The lowest BCUT2D eigenvalue weighted by atomic mass is 10.0. The Kier molecular flexibility index (Phi) is 4.50. The molecule has 0 spiro atoms. The van der Waals surface area contributed by atoms with Gasteiger partial charge in [0, 0.05) is 21.9 Å². The van der Waals surface area contributed by atoms with Crippen LogP contribution < -0.4 is 0 Å². The minimum atomic E-state index is -0.370. The monoisotopic (exact) mass is 339 g/mol.